The first-order chi connectivity index (χ1) is 7.09. The predicted molar refractivity (Wildman–Crippen MR) is 50.9 cm³/mol. The molecule has 1 atom stereocenters. The minimum Gasteiger partial charge on any atom is -0.375 e. The first-order valence-corrected chi connectivity index (χ1v) is 4.86. The normalized spacial score (nSPS) is 19.7. The quantitative estimate of drug-likeness (QED) is 0.381. The summed E-state index contributed by atoms with van der Waals surface area (Å²) in [6.07, 6.45) is 1.40. The van der Waals surface area contributed by atoms with Crippen molar-refractivity contribution >= 4 is 18.0 Å². The van der Waals surface area contributed by atoms with Crippen LogP contribution in [0.25, 0.3) is 0 Å². The molecular weight excluding hydrogens is 200 g/mol. The van der Waals surface area contributed by atoms with Crippen molar-refractivity contribution in [3.63, 3.8) is 0 Å². The van der Waals surface area contributed by atoms with Crippen LogP contribution in [0.15, 0.2) is 0 Å². The largest absolute Gasteiger partial charge is 0.415 e. The van der Waals surface area contributed by atoms with Gasteiger partial charge in [0.25, 0.3) is 0 Å². The number of ether oxygens (including phenoxy) is 1. The zero-order valence-corrected chi connectivity index (χ0v) is 8.54. The van der Waals surface area contributed by atoms with Gasteiger partial charge < -0.3 is 15.4 Å². The Hall–Kier alpha value is -1.59. The van der Waals surface area contributed by atoms with E-state index in [4.69, 9.17) is 0 Å². The lowest BCUT2D eigenvalue weighted by molar-refractivity contribution is -0.135. The molecule has 2 amide bonds. The monoisotopic (exact) mass is 214 g/mol. The molecule has 1 aliphatic heterocycles. The molecule has 1 rings (SSSR count). The Morgan fingerprint density at radius 1 is 1.47 bits per heavy atom. The summed E-state index contributed by atoms with van der Waals surface area (Å²) >= 11 is 0. The van der Waals surface area contributed by atoms with E-state index in [1.165, 1.54) is 6.92 Å². The maximum atomic E-state index is 11.0. The molecule has 1 heterocycles. The molecule has 0 aromatic rings. The van der Waals surface area contributed by atoms with Crippen LogP contribution in [0.1, 0.15) is 26.2 Å². The van der Waals surface area contributed by atoms with E-state index in [0.717, 1.165) is 12.8 Å². The number of carbonyl (C=O) groups is 3. The summed E-state index contributed by atoms with van der Waals surface area (Å²) in [6.45, 7) is 2.04. The summed E-state index contributed by atoms with van der Waals surface area (Å²) in [6, 6.07) is -0.519. The highest BCUT2D eigenvalue weighted by atomic mass is 16.6. The number of rotatable bonds is 5. The van der Waals surface area contributed by atoms with Gasteiger partial charge in [-0.1, -0.05) is 0 Å². The molecule has 0 aromatic heterocycles. The van der Waals surface area contributed by atoms with Crippen molar-refractivity contribution in [3.05, 3.63) is 0 Å². The second-order valence-electron chi connectivity index (χ2n) is 3.38. The summed E-state index contributed by atoms with van der Waals surface area (Å²) in [7, 11) is 0. The fourth-order valence-electron chi connectivity index (χ4n) is 1.32. The number of hydrogen-bond donors (Lipinski definition) is 2. The smallest absolute Gasteiger partial charge is 0.375 e. The van der Waals surface area contributed by atoms with Gasteiger partial charge in [0.2, 0.25) is 5.91 Å². The van der Waals surface area contributed by atoms with Gasteiger partial charge >= 0.3 is 12.1 Å². The average molecular weight is 214 g/mol. The molecule has 0 spiro atoms. The van der Waals surface area contributed by atoms with Gasteiger partial charge in [0.1, 0.15) is 6.04 Å². The summed E-state index contributed by atoms with van der Waals surface area (Å²) < 4.78 is 4.31. The number of carbonyl (C=O) groups excluding carboxylic acids is 3. The molecule has 6 heteroatoms. The number of unbranched alkanes of at least 4 members (excludes halogenated alkanes) is 1. The van der Waals surface area contributed by atoms with E-state index < -0.39 is 18.1 Å². The molecule has 2 N–H and O–H groups in total. The minimum absolute atomic E-state index is 0.0661. The van der Waals surface area contributed by atoms with E-state index in [1.807, 2.05) is 0 Å². The van der Waals surface area contributed by atoms with Gasteiger partial charge in [-0.15, -0.1) is 0 Å². The van der Waals surface area contributed by atoms with Gasteiger partial charge in [-0.05, 0) is 19.3 Å². The molecule has 1 aliphatic rings. The van der Waals surface area contributed by atoms with Crippen LogP contribution in [0.4, 0.5) is 4.79 Å². The van der Waals surface area contributed by atoms with Crippen molar-refractivity contribution in [1.29, 1.82) is 0 Å². The third-order valence-corrected chi connectivity index (χ3v) is 2.06. The van der Waals surface area contributed by atoms with Crippen molar-refractivity contribution < 1.29 is 19.1 Å². The number of hydrogen-bond acceptors (Lipinski definition) is 4. The maximum Gasteiger partial charge on any atom is 0.415 e. The molecular formula is C9H14N2O4. The zero-order valence-electron chi connectivity index (χ0n) is 8.54. The van der Waals surface area contributed by atoms with Gasteiger partial charge in [0, 0.05) is 13.5 Å². The molecule has 0 bridgehead atoms. The highest BCUT2D eigenvalue weighted by Gasteiger charge is 2.31. The number of esters is 1. The van der Waals surface area contributed by atoms with Gasteiger partial charge in [0.05, 0.1) is 0 Å². The lowest BCUT2D eigenvalue weighted by Gasteiger charge is -2.05. The molecule has 1 saturated heterocycles. The molecule has 0 unspecified atom stereocenters. The topological polar surface area (TPSA) is 84.5 Å². The van der Waals surface area contributed by atoms with Crippen LogP contribution >= 0.6 is 0 Å². The highest BCUT2D eigenvalue weighted by Crippen LogP contribution is 2.07. The van der Waals surface area contributed by atoms with Crippen LogP contribution in [0.5, 0.6) is 0 Å². The number of cyclic esters (lactones) is 2. The lowest BCUT2D eigenvalue weighted by atomic mass is 10.1. The summed E-state index contributed by atoms with van der Waals surface area (Å²) in [4.78, 5) is 32.1. The third kappa shape index (κ3) is 3.97. The van der Waals surface area contributed by atoms with E-state index >= 15 is 0 Å². The Labute approximate surface area is 87.4 Å². The molecule has 0 aromatic carbocycles. The van der Waals surface area contributed by atoms with Crippen LogP contribution in [-0.2, 0) is 14.3 Å². The molecule has 6 nitrogen and oxygen atoms in total. The van der Waals surface area contributed by atoms with Crippen molar-refractivity contribution in [1.82, 2.24) is 10.6 Å². The van der Waals surface area contributed by atoms with Crippen LogP contribution < -0.4 is 10.6 Å². The third-order valence-electron chi connectivity index (χ3n) is 2.06. The van der Waals surface area contributed by atoms with Crippen molar-refractivity contribution in [2.75, 3.05) is 6.54 Å². The fraction of sp³-hybridized carbons (Fsp3) is 0.667. The Kier molecular flexibility index (Phi) is 4.08. The first-order valence-electron chi connectivity index (χ1n) is 4.86. The molecule has 0 saturated carbocycles. The van der Waals surface area contributed by atoms with Crippen molar-refractivity contribution in [2.24, 2.45) is 0 Å². The Morgan fingerprint density at radius 2 is 2.20 bits per heavy atom. The summed E-state index contributed by atoms with van der Waals surface area (Å²) in [5.41, 5.74) is 0. The SMILES string of the molecule is CC(=O)NCCCC[C@@H]1NC(=O)OC1=O. The standard InChI is InChI=1S/C9H14N2O4/c1-6(12)10-5-3-2-4-7-8(13)15-9(14)11-7/h7H,2-5H2,1H3,(H,10,12)(H,11,14)/t7-/m0/s1. The maximum absolute atomic E-state index is 11.0. The van der Waals surface area contributed by atoms with Gasteiger partial charge in [-0.3, -0.25) is 4.79 Å². The zero-order chi connectivity index (χ0) is 11.3. The van der Waals surface area contributed by atoms with Gasteiger partial charge in [0.15, 0.2) is 0 Å². The van der Waals surface area contributed by atoms with Crippen LogP contribution in [0.2, 0.25) is 0 Å². The van der Waals surface area contributed by atoms with Crippen molar-refractivity contribution in [2.45, 2.75) is 32.2 Å². The predicted octanol–water partition coefficient (Wildman–Crippen LogP) is -0.0722. The number of nitrogens with one attached hydrogen (secondary N) is 2. The van der Waals surface area contributed by atoms with E-state index in [1.54, 1.807) is 0 Å². The van der Waals surface area contributed by atoms with E-state index in [2.05, 4.69) is 15.4 Å². The molecule has 0 aliphatic carbocycles. The number of alkyl carbamates (subject to hydrolysis) is 1. The molecule has 15 heavy (non-hydrogen) atoms. The minimum atomic E-state index is -0.674. The van der Waals surface area contributed by atoms with E-state index in [9.17, 15) is 14.4 Å². The van der Waals surface area contributed by atoms with E-state index in [-0.39, 0.29) is 5.91 Å². The highest BCUT2D eigenvalue weighted by molar-refractivity contribution is 5.95. The molecule has 1 fully saturated rings. The lowest BCUT2D eigenvalue weighted by Crippen LogP contribution is -2.29. The second-order valence-corrected chi connectivity index (χ2v) is 3.38. The molecule has 0 radical (unpaired) electrons. The fourth-order valence-corrected chi connectivity index (χ4v) is 1.32. The second kappa shape index (κ2) is 5.33. The average Bonchev–Trinajstić information content (AvgIpc) is 2.44. The van der Waals surface area contributed by atoms with Gasteiger partial charge in [-0.2, -0.15) is 0 Å². The number of amides is 2. The van der Waals surface area contributed by atoms with Crippen molar-refractivity contribution in [3.8, 4) is 0 Å². The van der Waals surface area contributed by atoms with Crippen LogP contribution in [-0.4, -0.2) is 30.6 Å². The Morgan fingerprint density at radius 3 is 2.73 bits per heavy atom. The molecule has 84 valence electrons. The van der Waals surface area contributed by atoms with E-state index in [0.29, 0.717) is 13.0 Å². The van der Waals surface area contributed by atoms with Crippen LogP contribution in [0.3, 0.4) is 0 Å². The Balaban J connectivity index is 2.08. The first kappa shape index (κ1) is 11.5. The summed E-state index contributed by atoms with van der Waals surface area (Å²) in [5.74, 6) is -0.580. The van der Waals surface area contributed by atoms with Gasteiger partial charge in [-0.25, -0.2) is 9.59 Å². The summed E-state index contributed by atoms with van der Waals surface area (Å²) in [5, 5.41) is 5.05. The van der Waals surface area contributed by atoms with Crippen LogP contribution in [0, 0.1) is 0 Å². The Bertz CT molecular complexity index is 277.